The summed E-state index contributed by atoms with van der Waals surface area (Å²) < 4.78 is 0. The van der Waals surface area contributed by atoms with E-state index in [-0.39, 0.29) is 17.6 Å². The predicted molar refractivity (Wildman–Crippen MR) is 84.9 cm³/mol. The number of aryl methyl sites for hydroxylation is 1. The number of hydrogen-bond donors (Lipinski definition) is 2. The van der Waals surface area contributed by atoms with Crippen LogP contribution in [0.5, 0.6) is 0 Å². The van der Waals surface area contributed by atoms with Crippen molar-refractivity contribution in [1.29, 1.82) is 0 Å². The summed E-state index contributed by atoms with van der Waals surface area (Å²) >= 11 is 0. The summed E-state index contributed by atoms with van der Waals surface area (Å²) in [6, 6.07) is 7.89. The molecule has 0 bridgehead atoms. The fraction of sp³-hybridized carbons (Fsp3) is 0.375. The highest BCUT2D eigenvalue weighted by molar-refractivity contribution is 5.85. The molecule has 1 fully saturated rings. The Labute approximate surface area is 129 Å². The molecule has 1 heterocycles. The number of nitrogens with one attached hydrogen (secondary N) is 1. The lowest BCUT2D eigenvalue weighted by Crippen LogP contribution is -2.21. The van der Waals surface area contributed by atoms with Gasteiger partial charge in [-0.25, -0.2) is 0 Å². The van der Waals surface area contributed by atoms with Crippen molar-refractivity contribution in [1.82, 2.24) is 15.0 Å². The topological polar surface area (TPSA) is 93.8 Å². The zero-order chi connectivity index (χ0) is 15.5. The number of nitrogens with two attached hydrogens (primary N) is 1. The summed E-state index contributed by atoms with van der Waals surface area (Å²) in [6.45, 7) is 2.01. The molecule has 3 N–H and O–H groups in total. The first-order valence-electron chi connectivity index (χ1n) is 7.49. The van der Waals surface area contributed by atoms with Crippen LogP contribution in [-0.4, -0.2) is 20.7 Å². The van der Waals surface area contributed by atoms with Gasteiger partial charge in [-0.2, -0.15) is 15.0 Å². The number of hydrogen-bond acceptors (Lipinski definition) is 6. The van der Waals surface area contributed by atoms with Crippen molar-refractivity contribution in [2.75, 3.05) is 11.1 Å². The van der Waals surface area contributed by atoms with Gasteiger partial charge in [0, 0.05) is 12.1 Å². The Morgan fingerprint density at radius 3 is 2.86 bits per heavy atom. The highest BCUT2D eigenvalue weighted by Gasteiger charge is 2.27. The van der Waals surface area contributed by atoms with Crippen LogP contribution >= 0.6 is 0 Å². The third-order valence-corrected chi connectivity index (χ3v) is 3.81. The molecule has 0 radical (unpaired) electrons. The van der Waals surface area contributed by atoms with Crippen molar-refractivity contribution in [3.8, 4) is 0 Å². The molecule has 1 saturated carbocycles. The van der Waals surface area contributed by atoms with Crippen LogP contribution in [0.15, 0.2) is 24.3 Å². The van der Waals surface area contributed by atoms with Gasteiger partial charge in [-0.15, -0.1) is 0 Å². The van der Waals surface area contributed by atoms with Crippen LogP contribution in [0.25, 0.3) is 0 Å². The monoisotopic (exact) mass is 297 g/mol. The smallest absolute Gasteiger partial charge is 0.232 e. The first-order chi connectivity index (χ1) is 10.6. The van der Waals surface area contributed by atoms with Gasteiger partial charge in [0.25, 0.3) is 0 Å². The standard InChI is InChI=1S/C16H19N5O/c1-10-5-4-6-11(9-10)18-16-20-14(19-15(17)21-16)12-7-2-3-8-13(12)22/h4-6,9,12H,2-3,7-8H2,1H3,(H3,17,18,19,20,21)/t12-/m0/s1. The average molecular weight is 297 g/mol. The molecule has 0 unspecified atom stereocenters. The number of Topliss-reactive ketones (excluding diaryl/α,β-unsaturated/α-hetero) is 1. The molecule has 0 amide bonds. The van der Waals surface area contributed by atoms with Gasteiger partial charge in [0.05, 0.1) is 5.92 Å². The molecule has 1 aromatic heterocycles. The Hall–Kier alpha value is -2.50. The van der Waals surface area contributed by atoms with E-state index in [4.69, 9.17) is 5.73 Å². The Morgan fingerprint density at radius 1 is 1.23 bits per heavy atom. The van der Waals surface area contributed by atoms with E-state index in [0.29, 0.717) is 18.2 Å². The molecule has 0 saturated heterocycles. The Bertz CT molecular complexity index is 701. The van der Waals surface area contributed by atoms with E-state index < -0.39 is 0 Å². The van der Waals surface area contributed by atoms with Gasteiger partial charge >= 0.3 is 0 Å². The van der Waals surface area contributed by atoms with E-state index in [2.05, 4.69) is 20.3 Å². The fourth-order valence-corrected chi connectivity index (χ4v) is 2.73. The number of ketones is 1. The molecule has 6 nitrogen and oxygen atoms in total. The third kappa shape index (κ3) is 3.21. The minimum Gasteiger partial charge on any atom is -0.368 e. The van der Waals surface area contributed by atoms with Crippen LogP contribution in [0.4, 0.5) is 17.6 Å². The second-order valence-corrected chi connectivity index (χ2v) is 5.63. The maximum absolute atomic E-state index is 12.1. The van der Waals surface area contributed by atoms with Gasteiger partial charge in [-0.1, -0.05) is 18.6 Å². The molecule has 2 aromatic rings. The van der Waals surface area contributed by atoms with E-state index in [1.807, 2.05) is 31.2 Å². The zero-order valence-corrected chi connectivity index (χ0v) is 12.5. The Morgan fingerprint density at radius 2 is 2.09 bits per heavy atom. The predicted octanol–water partition coefficient (Wildman–Crippen LogP) is 2.73. The number of carbonyl (C=O) groups excluding carboxylic acids is 1. The molecular formula is C16H19N5O. The summed E-state index contributed by atoms with van der Waals surface area (Å²) in [5.41, 5.74) is 7.80. The number of nitrogens with zero attached hydrogens (tertiary/aromatic N) is 3. The summed E-state index contributed by atoms with van der Waals surface area (Å²) in [7, 11) is 0. The summed E-state index contributed by atoms with van der Waals surface area (Å²) in [4.78, 5) is 24.7. The minimum atomic E-state index is -0.253. The largest absolute Gasteiger partial charge is 0.368 e. The van der Waals surface area contributed by atoms with E-state index in [1.165, 1.54) is 0 Å². The van der Waals surface area contributed by atoms with Crippen molar-refractivity contribution < 1.29 is 4.79 Å². The quantitative estimate of drug-likeness (QED) is 0.904. The van der Waals surface area contributed by atoms with Crippen molar-refractivity contribution in [2.45, 2.75) is 38.5 Å². The fourth-order valence-electron chi connectivity index (χ4n) is 2.73. The summed E-state index contributed by atoms with van der Waals surface area (Å²) in [6.07, 6.45) is 3.34. The van der Waals surface area contributed by atoms with Crippen molar-refractivity contribution in [3.63, 3.8) is 0 Å². The average Bonchev–Trinajstić information content (AvgIpc) is 2.47. The van der Waals surface area contributed by atoms with E-state index in [9.17, 15) is 4.79 Å². The molecule has 1 aromatic carbocycles. The number of aromatic nitrogens is 3. The second kappa shape index (κ2) is 6.09. The molecule has 1 atom stereocenters. The maximum atomic E-state index is 12.1. The molecule has 0 aliphatic heterocycles. The highest BCUT2D eigenvalue weighted by Crippen LogP contribution is 2.28. The van der Waals surface area contributed by atoms with Gasteiger partial charge in [-0.3, -0.25) is 4.79 Å². The van der Waals surface area contributed by atoms with Crippen LogP contribution in [0.3, 0.4) is 0 Å². The molecular weight excluding hydrogens is 278 g/mol. The molecule has 22 heavy (non-hydrogen) atoms. The number of carbonyl (C=O) groups is 1. The summed E-state index contributed by atoms with van der Waals surface area (Å²) in [5, 5.41) is 3.13. The molecule has 6 heteroatoms. The Balaban J connectivity index is 1.88. The first-order valence-corrected chi connectivity index (χ1v) is 7.49. The van der Waals surface area contributed by atoms with Crippen molar-refractivity contribution in [2.24, 2.45) is 0 Å². The van der Waals surface area contributed by atoms with E-state index in [1.54, 1.807) is 0 Å². The number of nitrogen functional groups attached to an aromatic ring is 1. The molecule has 1 aliphatic rings. The van der Waals surface area contributed by atoms with Gasteiger partial charge in [0.2, 0.25) is 11.9 Å². The molecule has 1 aliphatic carbocycles. The zero-order valence-electron chi connectivity index (χ0n) is 12.5. The number of anilines is 3. The lowest BCUT2D eigenvalue weighted by molar-refractivity contribution is -0.122. The van der Waals surface area contributed by atoms with E-state index >= 15 is 0 Å². The van der Waals surface area contributed by atoms with Crippen LogP contribution in [-0.2, 0) is 4.79 Å². The minimum absolute atomic E-state index is 0.138. The van der Waals surface area contributed by atoms with Crippen molar-refractivity contribution in [3.05, 3.63) is 35.7 Å². The van der Waals surface area contributed by atoms with Gasteiger partial charge in [0.15, 0.2) is 0 Å². The lowest BCUT2D eigenvalue weighted by Gasteiger charge is -2.19. The highest BCUT2D eigenvalue weighted by atomic mass is 16.1. The lowest BCUT2D eigenvalue weighted by atomic mass is 9.87. The van der Waals surface area contributed by atoms with Gasteiger partial charge in [0.1, 0.15) is 11.6 Å². The molecule has 114 valence electrons. The SMILES string of the molecule is Cc1cccc(Nc2nc(N)nc([C@H]3CCCCC3=O)n2)c1. The number of rotatable bonds is 3. The van der Waals surface area contributed by atoms with Crippen LogP contribution < -0.4 is 11.1 Å². The van der Waals surface area contributed by atoms with Crippen LogP contribution in [0, 0.1) is 6.92 Å². The van der Waals surface area contributed by atoms with Gasteiger partial charge < -0.3 is 11.1 Å². The Kier molecular flexibility index (Phi) is 4.00. The van der Waals surface area contributed by atoms with E-state index in [0.717, 1.165) is 30.5 Å². The maximum Gasteiger partial charge on any atom is 0.232 e. The van der Waals surface area contributed by atoms with Crippen LogP contribution in [0.2, 0.25) is 0 Å². The third-order valence-electron chi connectivity index (χ3n) is 3.81. The normalized spacial score (nSPS) is 18.2. The molecule has 3 rings (SSSR count). The van der Waals surface area contributed by atoms with Gasteiger partial charge in [-0.05, 0) is 37.5 Å². The van der Waals surface area contributed by atoms with Crippen LogP contribution in [0.1, 0.15) is 43.0 Å². The number of benzene rings is 1. The second-order valence-electron chi connectivity index (χ2n) is 5.63. The summed E-state index contributed by atoms with van der Waals surface area (Å²) in [5.74, 6) is 0.938. The van der Waals surface area contributed by atoms with Crippen molar-refractivity contribution >= 4 is 23.4 Å². The first kappa shape index (κ1) is 14.4. The molecule has 0 spiro atoms.